The first-order chi connectivity index (χ1) is 17.1. The molecule has 3 heterocycles. The number of likely N-dealkylation sites (tertiary alicyclic amines) is 1. The summed E-state index contributed by atoms with van der Waals surface area (Å²) in [6, 6.07) is 5.94. The van der Waals surface area contributed by atoms with Crippen molar-refractivity contribution in [3.05, 3.63) is 41.2 Å². The highest BCUT2D eigenvalue weighted by Gasteiger charge is 2.47. The van der Waals surface area contributed by atoms with Crippen molar-refractivity contribution in [1.29, 1.82) is 0 Å². The number of anilines is 1. The molecular weight excluding hydrogens is 498 g/mol. The number of carbonyl (C=O) groups excluding carboxylic acids is 1. The molecule has 2 saturated heterocycles. The summed E-state index contributed by atoms with van der Waals surface area (Å²) in [5, 5.41) is 16.7. The molecule has 1 aromatic carbocycles. The first kappa shape index (κ1) is 26.3. The molecule has 4 rings (SSSR count). The summed E-state index contributed by atoms with van der Waals surface area (Å²) < 4.78 is 37.7. The number of halogens is 3. The topological polar surface area (TPSA) is 106 Å². The van der Waals surface area contributed by atoms with Crippen LogP contribution in [0.4, 0.5) is 14.5 Å². The lowest BCUT2D eigenvalue weighted by Gasteiger charge is -2.43. The second-order valence-electron chi connectivity index (χ2n) is 9.41. The molecular formula is C24H29ClF2N4O5. The minimum absolute atomic E-state index is 0.0586. The number of piperidine rings is 1. The Morgan fingerprint density at radius 3 is 2.61 bits per heavy atom. The molecule has 0 unspecified atom stereocenters. The lowest BCUT2D eigenvalue weighted by atomic mass is 9.84. The van der Waals surface area contributed by atoms with Gasteiger partial charge in [-0.15, -0.1) is 0 Å². The maximum atomic E-state index is 13.9. The number of benzene rings is 1. The van der Waals surface area contributed by atoms with E-state index in [1.54, 1.807) is 10.9 Å². The smallest absolute Gasteiger partial charge is 0.387 e. The monoisotopic (exact) mass is 526 g/mol. The number of hydrogen-bond acceptors (Lipinski definition) is 6. The fourth-order valence-corrected chi connectivity index (χ4v) is 5.13. The van der Waals surface area contributed by atoms with Crippen molar-refractivity contribution in [3.63, 3.8) is 0 Å². The van der Waals surface area contributed by atoms with Crippen LogP contribution >= 0.6 is 11.6 Å². The standard InChI is InChI=1S/C24H29ClF2N4O5/c1-14(2)18-5-8-28-31(18)24(6-9-30(10-7-24)16-12-20(21(32)33)35-13-16)22(34)29-17-4-3-15(25)11-19(17)36-23(26)27/h3-5,8,11,14,16,20,23H,6-7,9-10,12-13H2,1-2H3,(H,29,34)(H,32,33)/t16-,20-/m1/s1. The van der Waals surface area contributed by atoms with E-state index in [-0.39, 0.29) is 28.4 Å². The molecule has 2 atom stereocenters. The minimum atomic E-state index is -3.08. The molecule has 9 nitrogen and oxygen atoms in total. The van der Waals surface area contributed by atoms with Gasteiger partial charge in [0.1, 0.15) is 5.54 Å². The highest BCUT2D eigenvalue weighted by Crippen LogP contribution is 2.38. The maximum absolute atomic E-state index is 13.9. The summed E-state index contributed by atoms with van der Waals surface area (Å²) in [5.74, 6) is -1.53. The normalized spacial score (nSPS) is 22.2. The molecule has 2 aromatic rings. The third-order valence-corrected chi connectivity index (χ3v) is 7.13. The third-order valence-electron chi connectivity index (χ3n) is 6.89. The van der Waals surface area contributed by atoms with Gasteiger partial charge in [-0.05, 0) is 37.0 Å². The van der Waals surface area contributed by atoms with Crippen molar-refractivity contribution in [2.75, 3.05) is 25.0 Å². The SMILES string of the molecule is CC(C)c1ccnn1C1(C(=O)Nc2ccc(Cl)cc2OC(F)F)CCN([C@H]2CO[C@@H](C(=O)O)C2)CC1. The summed E-state index contributed by atoms with van der Waals surface area (Å²) in [7, 11) is 0. The van der Waals surface area contributed by atoms with Crippen molar-refractivity contribution in [3.8, 4) is 5.75 Å². The molecule has 0 saturated carbocycles. The molecule has 12 heteroatoms. The number of alkyl halides is 2. The molecule has 0 aliphatic carbocycles. The van der Waals surface area contributed by atoms with Crippen molar-refractivity contribution in [1.82, 2.24) is 14.7 Å². The van der Waals surface area contributed by atoms with Gasteiger partial charge in [0.2, 0.25) is 0 Å². The van der Waals surface area contributed by atoms with E-state index in [0.717, 1.165) is 5.69 Å². The Bertz CT molecular complexity index is 1100. The lowest BCUT2D eigenvalue weighted by molar-refractivity contribution is -0.147. The third kappa shape index (κ3) is 5.33. The number of ether oxygens (including phenoxy) is 2. The van der Waals surface area contributed by atoms with Crippen LogP contribution in [0.2, 0.25) is 5.02 Å². The van der Waals surface area contributed by atoms with E-state index in [9.17, 15) is 23.5 Å². The summed E-state index contributed by atoms with van der Waals surface area (Å²) >= 11 is 5.95. The zero-order chi connectivity index (χ0) is 26.0. The largest absolute Gasteiger partial charge is 0.479 e. The van der Waals surface area contributed by atoms with Crippen LogP contribution in [0, 0.1) is 0 Å². The van der Waals surface area contributed by atoms with Gasteiger partial charge in [-0.25, -0.2) is 4.79 Å². The number of nitrogens with one attached hydrogen (secondary N) is 1. The van der Waals surface area contributed by atoms with Gasteiger partial charge in [0.25, 0.3) is 5.91 Å². The summed E-state index contributed by atoms with van der Waals surface area (Å²) in [4.78, 5) is 27.3. The number of hydrogen-bond donors (Lipinski definition) is 2. The van der Waals surface area contributed by atoms with Crippen LogP contribution in [0.25, 0.3) is 0 Å². The van der Waals surface area contributed by atoms with Crippen molar-refractivity contribution in [2.45, 2.75) is 63.3 Å². The molecule has 1 amide bonds. The Kier molecular flexibility index (Phi) is 7.82. The van der Waals surface area contributed by atoms with Crippen LogP contribution in [0.15, 0.2) is 30.5 Å². The van der Waals surface area contributed by atoms with Gasteiger partial charge in [-0.3, -0.25) is 14.4 Å². The van der Waals surface area contributed by atoms with E-state index in [1.165, 1.54) is 18.2 Å². The maximum Gasteiger partial charge on any atom is 0.387 e. The molecule has 1 aromatic heterocycles. The van der Waals surface area contributed by atoms with Crippen LogP contribution < -0.4 is 10.1 Å². The number of aromatic nitrogens is 2. The van der Waals surface area contributed by atoms with Crippen LogP contribution in [-0.4, -0.2) is 70.1 Å². The van der Waals surface area contributed by atoms with E-state index < -0.39 is 30.1 Å². The lowest BCUT2D eigenvalue weighted by Crippen LogP contribution is -2.56. The average Bonchev–Trinajstić information content (AvgIpc) is 3.51. The fourth-order valence-electron chi connectivity index (χ4n) is 4.97. The number of carbonyl (C=O) groups is 2. The quantitative estimate of drug-likeness (QED) is 0.537. The first-order valence-electron chi connectivity index (χ1n) is 11.8. The molecule has 0 bridgehead atoms. The summed E-state index contributed by atoms with van der Waals surface area (Å²) in [6.45, 7) is 2.25. The number of amides is 1. The number of rotatable bonds is 8. The predicted octanol–water partition coefficient (Wildman–Crippen LogP) is 3.93. The highest BCUT2D eigenvalue weighted by molar-refractivity contribution is 6.30. The molecule has 2 aliphatic heterocycles. The number of aliphatic carboxylic acids is 1. The van der Waals surface area contributed by atoms with Crippen molar-refractivity contribution < 1.29 is 33.0 Å². The molecule has 2 N–H and O–H groups in total. The minimum Gasteiger partial charge on any atom is -0.479 e. The van der Waals surface area contributed by atoms with Gasteiger partial charge in [-0.1, -0.05) is 25.4 Å². The molecule has 2 fully saturated rings. The Morgan fingerprint density at radius 2 is 2.00 bits per heavy atom. The van der Waals surface area contributed by atoms with E-state index in [2.05, 4.69) is 20.1 Å². The zero-order valence-corrected chi connectivity index (χ0v) is 20.8. The van der Waals surface area contributed by atoms with Crippen LogP contribution in [0.3, 0.4) is 0 Å². The first-order valence-corrected chi connectivity index (χ1v) is 12.2. The van der Waals surface area contributed by atoms with Gasteiger partial charge in [0.15, 0.2) is 11.9 Å². The van der Waals surface area contributed by atoms with Gasteiger partial charge in [0.05, 0.1) is 12.3 Å². The molecule has 0 spiro atoms. The summed E-state index contributed by atoms with van der Waals surface area (Å²) in [5.41, 5.74) is -0.139. The van der Waals surface area contributed by atoms with Crippen molar-refractivity contribution in [2.24, 2.45) is 0 Å². The van der Waals surface area contributed by atoms with Crippen LogP contribution in [0.5, 0.6) is 5.75 Å². The Morgan fingerprint density at radius 1 is 1.28 bits per heavy atom. The number of nitrogens with zero attached hydrogens (tertiary/aromatic N) is 3. The average molecular weight is 527 g/mol. The number of carboxylic acids is 1. The summed E-state index contributed by atoms with van der Waals surface area (Å²) in [6.07, 6.45) is 1.96. The van der Waals surface area contributed by atoms with Gasteiger partial charge in [-0.2, -0.15) is 13.9 Å². The van der Waals surface area contributed by atoms with E-state index >= 15 is 0 Å². The molecule has 2 aliphatic rings. The molecule has 0 radical (unpaired) electrons. The van der Waals surface area contributed by atoms with E-state index in [0.29, 0.717) is 39.0 Å². The van der Waals surface area contributed by atoms with E-state index in [4.69, 9.17) is 16.3 Å². The zero-order valence-electron chi connectivity index (χ0n) is 20.0. The van der Waals surface area contributed by atoms with Gasteiger partial charge >= 0.3 is 12.6 Å². The van der Waals surface area contributed by atoms with Gasteiger partial charge in [0, 0.05) is 48.5 Å². The molecule has 36 heavy (non-hydrogen) atoms. The number of carboxylic acid groups (broad SMARTS) is 1. The Labute approximate surface area is 212 Å². The Balaban J connectivity index is 1.61. The predicted molar refractivity (Wildman–Crippen MR) is 128 cm³/mol. The fraction of sp³-hybridized carbons (Fsp3) is 0.542. The van der Waals surface area contributed by atoms with Gasteiger partial charge < -0.3 is 19.9 Å². The second kappa shape index (κ2) is 10.7. The van der Waals surface area contributed by atoms with Crippen molar-refractivity contribution >= 4 is 29.2 Å². The van der Waals surface area contributed by atoms with Crippen LogP contribution in [-0.2, 0) is 19.9 Å². The van der Waals surface area contributed by atoms with E-state index in [1.807, 2.05) is 19.9 Å². The highest BCUT2D eigenvalue weighted by atomic mass is 35.5. The Hall–Kier alpha value is -2.76. The molecule has 196 valence electrons. The second-order valence-corrected chi connectivity index (χ2v) is 9.85. The van der Waals surface area contributed by atoms with Crippen LogP contribution in [0.1, 0.15) is 44.7 Å².